The van der Waals surface area contributed by atoms with Crippen LogP contribution in [0, 0.1) is 0 Å². The summed E-state index contributed by atoms with van der Waals surface area (Å²) in [6, 6.07) is 14.6. The van der Waals surface area contributed by atoms with Gasteiger partial charge in [-0.25, -0.2) is 0 Å². The molecule has 1 amide bonds. The Morgan fingerprint density at radius 3 is 2.62 bits per heavy atom. The Bertz CT molecular complexity index is 956. The Labute approximate surface area is 165 Å². The van der Waals surface area contributed by atoms with Gasteiger partial charge in [0.25, 0.3) is 0 Å². The molecule has 1 heterocycles. The first-order valence-corrected chi connectivity index (χ1v) is 9.10. The van der Waals surface area contributed by atoms with Crippen molar-refractivity contribution in [1.29, 1.82) is 0 Å². The van der Waals surface area contributed by atoms with Gasteiger partial charge in [-0.15, -0.1) is 10.2 Å². The summed E-state index contributed by atoms with van der Waals surface area (Å²) in [4.78, 5) is 13.2. The number of carbonyl (C=O) groups excluding carboxylic acids is 1. The summed E-state index contributed by atoms with van der Waals surface area (Å²) in [6.45, 7) is 1.74. The number of tetrazole rings is 1. The number of nitrogens with zero attached hydrogens (tertiary/aromatic N) is 4. The number of aryl methyl sites for hydroxylation is 1. The van der Waals surface area contributed by atoms with Crippen LogP contribution in [-0.4, -0.2) is 32.2 Å². The number of rotatable bonds is 7. The van der Waals surface area contributed by atoms with Crippen molar-refractivity contribution in [1.82, 2.24) is 25.5 Å². The van der Waals surface area contributed by atoms with Crippen molar-refractivity contribution < 1.29 is 18.0 Å². The van der Waals surface area contributed by atoms with Crippen LogP contribution in [-0.2, 0) is 23.9 Å². The van der Waals surface area contributed by atoms with Crippen LogP contribution < -0.4 is 5.32 Å². The Morgan fingerprint density at radius 2 is 1.90 bits per heavy atom. The van der Waals surface area contributed by atoms with Gasteiger partial charge in [0.1, 0.15) is 6.54 Å². The normalized spacial score (nSPS) is 12.6. The molecule has 0 spiro atoms. The molecule has 0 aliphatic carbocycles. The molecule has 0 saturated carbocycles. The van der Waals surface area contributed by atoms with Crippen molar-refractivity contribution in [2.75, 3.05) is 0 Å². The number of carbonyl (C=O) groups is 1. The van der Waals surface area contributed by atoms with E-state index in [0.717, 1.165) is 29.8 Å². The van der Waals surface area contributed by atoms with Crippen LogP contribution in [0.1, 0.15) is 24.5 Å². The first kappa shape index (κ1) is 20.5. The molecule has 0 aliphatic heterocycles. The van der Waals surface area contributed by atoms with Crippen molar-refractivity contribution in [3.63, 3.8) is 0 Å². The molecule has 3 rings (SSSR count). The van der Waals surface area contributed by atoms with Crippen molar-refractivity contribution in [2.45, 2.75) is 38.5 Å². The Morgan fingerprint density at radius 1 is 1.14 bits per heavy atom. The molecule has 29 heavy (non-hydrogen) atoms. The van der Waals surface area contributed by atoms with E-state index in [4.69, 9.17) is 0 Å². The lowest BCUT2D eigenvalue weighted by atomic mass is 10.1. The molecular formula is C20H20F3N5O. The van der Waals surface area contributed by atoms with E-state index in [1.54, 1.807) is 0 Å². The number of aromatic nitrogens is 4. The maximum Gasteiger partial charge on any atom is 0.416 e. The fraction of sp³-hybridized carbons (Fsp3) is 0.300. The average molecular weight is 403 g/mol. The topological polar surface area (TPSA) is 72.7 Å². The number of halogens is 3. The molecular weight excluding hydrogens is 383 g/mol. The lowest BCUT2D eigenvalue weighted by Crippen LogP contribution is -2.35. The van der Waals surface area contributed by atoms with Crippen LogP contribution in [0.3, 0.4) is 0 Å². The highest BCUT2D eigenvalue weighted by atomic mass is 19.4. The van der Waals surface area contributed by atoms with Gasteiger partial charge in [-0.3, -0.25) is 4.79 Å². The highest BCUT2D eigenvalue weighted by Gasteiger charge is 2.30. The number of hydrogen-bond donors (Lipinski definition) is 1. The van der Waals surface area contributed by atoms with Gasteiger partial charge in [0.2, 0.25) is 11.7 Å². The van der Waals surface area contributed by atoms with Crippen LogP contribution in [0.25, 0.3) is 11.4 Å². The van der Waals surface area contributed by atoms with Crippen molar-refractivity contribution in [3.8, 4) is 11.4 Å². The van der Waals surface area contributed by atoms with Gasteiger partial charge in [0, 0.05) is 11.6 Å². The number of alkyl halides is 3. The Balaban J connectivity index is 1.55. The van der Waals surface area contributed by atoms with Crippen LogP contribution in [0.15, 0.2) is 54.6 Å². The molecule has 0 saturated heterocycles. The summed E-state index contributed by atoms with van der Waals surface area (Å²) in [5, 5.41) is 14.4. The molecule has 0 aliphatic rings. The SMILES string of the molecule is C[C@@H](CCc1ccccc1)NC(=O)Cn1nnc(-c2cccc(C(F)(F)F)c2)n1. The van der Waals surface area contributed by atoms with Crippen molar-refractivity contribution in [2.24, 2.45) is 0 Å². The second kappa shape index (κ2) is 8.85. The van der Waals surface area contributed by atoms with Crippen LogP contribution in [0.2, 0.25) is 0 Å². The number of amides is 1. The zero-order chi connectivity index (χ0) is 20.9. The van der Waals surface area contributed by atoms with Gasteiger partial charge >= 0.3 is 6.18 Å². The van der Waals surface area contributed by atoms with E-state index >= 15 is 0 Å². The maximum atomic E-state index is 12.8. The van der Waals surface area contributed by atoms with E-state index in [2.05, 4.69) is 20.7 Å². The molecule has 2 aromatic carbocycles. The molecule has 1 N–H and O–H groups in total. The van der Waals surface area contributed by atoms with E-state index in [1.165, 1.54) is 17.7 Å². The summed E-state index contributed by atoms with van der Waals surface area (Å²) < 4.78 is 38.5. The number of hydrogen-bond acceptors (Lipinski definition) is 4. The fourth-order valence-electron chi connectivity index (χ4n) is 2.81. The van der Waals surface area contributed by atoms with E-state index in [9.17, 15) is 18.0 Å². The maximum absolute atomic E-state index is 12.8. The van der Waals surface area contributed by atoms with Gasteiger partial charge in [-0.05, 0) is 42.7 Å². The lowest BCUT2D eigenvalue weighted by molar-refractivity contribution is -0.137. The summed E-state index contributed by atoms with van der Waals surface area (Å²) in [6.07, 6.45) is -2.85. The van der Waals surface area contributed by atoms with Gasteiger partial charge in [0.05, 0.1) is 5.56 Å². The number of benzene rings is 2. The Kier molecular flexibility index (Phi) is 6.26. The highest BCUT2D eigenvalue weighted by Crippen LogP contribution is 2.31. The summed E-state index contributed by atoms with van der Waals surface area (Å²) >= 11 is 0. The van der Waals surface area contributed by atoms with Gasteiger partial charge in [0.15, 0.2) is 0 Å². The standard InChI is InChI=1S/C20H20F3N5O/c1-14(10-11-15-6-3-2-4-7-15)24-18(29)13-28-26-19(25-27-28)16-8-5-9-17(12-16)20(21,22)23/h2-9,12,14H,10-11,13H2,1H3,(H,24,29)/t14-/m0/s1. The third-order valence-electron chi connectivity index (χ3n) is 4.30. The minimum Gasteiger partial charge on any atom is -0.352 e. The zero-order valence-electron chi connectivity index (χ0n) is 15.7. The minimum atomic E-state index is -4.46. The molecule has 1 aromatic heterocycles. The highest BCUT2D eigenvalue weighted by molar-refractivity contribution is 5.75. The Hall–Kier alpha value is -3.23. The molecule has 0 unspecified atom stereocenters. The fourth-order valence-corrected chi connectivity index (χ4v) is 2.81. The average Bonchev–Trinajstić information content (AvgIpc) is 3.15. The smallest absolute Gasteiger partial charge is 0.352 e. The van der Waals surface area contributed by atoms with Gasteiger partial charge < -0.3 is 5.32 Å². The second-order valence-corrected chi connectivity index (χ2v) is 6.71. The molecule has 1 atom stereocenters. The molecule has 0 bridgehead atoms. The monoisotopic (exact) mass is 403 g/mol. The van der Waals surface area contributed by atoms with Crippen molar-refractivity contribution in [3.05, 3.63) is 65.7 Å². The van der Waals surface area contributed by atoms with Crippen LogP contribution >= 0.6 is 0 Å². The zero-order valence-corrected chi connectivity index (χ0v) is 15.7. The van der Waals surface area contributed by atoms with Crippen LogP contribution in [0.5, 0.6) is 0 Å². The van der Waals surface area contributed by atoms with E-state index < -0.39 is 11.7 Å². The molecule has 0 radical (unpaired) electrons. The quantitative estimate of drug-likeness (QED) is 0.655. The second-order valence-electron chi connectivity index (χ2n) is 6.71. The lowest BCUT2D eigenvalue weighted by Gasteiger charge is -2.13. The summed E-state index contributed by atoms with van der Waals surface area (Å²) in [5.74, 6) is -0.264. The van der Waals surface area contributed by atoms with E-state index in [0.29, 0.717) is 0 Å². The van der Waals surface area contributed by atoms with Crippen LogP contribution in [0.4, 0.5) is 13.2 Å². The molecule has 3 aromatic rings. The van der Waals surface area contributed by atoms with Gasteiger partial charge in [-0.2, -0.15) is 18.0 Å². The first-order chi connectivity index (χ1) is 13.8. The largest absolute Gasteiger partial charge is 0.416 e. The predicted octanol–water partition coefficient (Wildman–Crippen LogP) is 3.50. The van der Waals surface area contributed by atoms with E-state index in [1.807, 2.05) is 37.3 Å². The molecule has 152 valence electrons. The van der Waals surface area contributed by atoms with Crippen molar-refractivity contribution >= 4 is 5.91 Å². The molecule has 9 heteroatoms. The molecule has 0 fully saturated rings. The predicted molar refractivity (Wildman–Crippen MR) is 101 cm³/mol. The molecule has 6 nitrogen and oxygen atoms in total. The summed E-state index contributed by atoms with van der Waals surface area (Å²) in [5.41, 5.74) is 0.580. The van der Waals surface area contributed by atoms with E-state index in [-0.39, 0.29) is 29.9 Å². The third-order valence-corrected chi connectivity index (χ3v) is 4.30. The third kappa shape index (κ3) is 5.87. The number of nitrogens with one attached hydrogen (secondary N) is 1. The first-order valence-electron chi connectivity index (χ1n) is 9.10. The minimum absolute atomic E-state index is 0.0287. The summed E-state index contributed by atoms with van der Waals surface area (Å²) in [7, 11) is 0. The van der Waals surface area contributed by atoms with Gasteiger partial charge in [-0.1, -0.05) is 42.5 Å².